The van der Waals surface area contributed by atoms with Crippen LogP contribution in [0, 0.1) is 6.92 Å². The summed E-state index contributed by atoms with van der Waals surface area (Å²) in [6.07, 6.45) is -0.143. The first kappa shape index (κ1) is 19.2. The molecule has 3 N–H and O–H groups in total. The number of aliphatic carboxylic acids is 1. The Balaban J connectivity index is 2.03. The molecule has 8 heteroatoms. The van der Waals surface area contributed by atoms with Gasteiger partial charge in [0.15, 0.2) is 5.76 Å². The van der Waals surface area contributed by atoms with E-state index in [0.717, 1.165) is 0 Å². The first-order chi connectivity index (χ1) is 12.3. The fourth-order valence-electron chi connectivity index (χ4n) is 2.34. The smallest absolute Gasteiger partial charge is 0.305 e. The van der Waals surface area contributed by atoms with E-state index in [9.17, 15) is 14.4 Å². The van der Waals surface area contributed by atoms with Gasteiger partial charge in [0.1, 0.15) is 5.56 Å². The fourth-order valence-corrected chi connectivity index (χ4v) is 2.34. The van der Waals surface area contributed by atoms with E-state index in [1.54, 1.807) is 31.2 Å². The Morgan fingerprint density at radius 1 is 1.15 bits per heavy atom. The van der Waals surface area contributed by atoms with E-state index in [-0.39, 0.29) is 30.7 Å². The van der Waals surface area contributed by atoms with Crippen LogP contribution in [0.4, 0.5) is 5.69 Å². The molecule has 0 saturated heterocycles. The third-order valence-electron chi connectivity index (χ3n) is 3.67. The lowest BCUT2D eigenvalue weighted by atomic mass is 10.0. The highest BCUT2D eigenvalue weighted by molar-refractivity contribution is 6.06. The average Bonchev–Trinajstić information content (AvgIpc) is 2.97. The first-order valence-electron chi connectivity index (χ1n) is 8.17. The van der Waals surface area contributed by atoms with Gasteiger partial charge in [-0.3, -0.25) is 14.4 Å². The Bertz CT molecular complexity index is 809. The summed E-state index contributed by atoms with van der Waals surface area (Å²) in [4.78, 5) is 34.8. The maximum atomic E-state index is 12.5. The van der Waals surface area contributed by atoms with E-state index in [1.807, 2.05) is 13.8 Å². The van der Waals surface area contributed by atoms with Gasteiger partial charge in [-0.2, -0.15) is 0 Å². The van der Waals surface area contributed by atoms with Crippen molar-refractivity contribution in [3.05, 3.63) is 46.8 Å². The molecule has 2 amide bonds. The van der Waals surface area contributed by atoms with Crippen LogP contribution in [0.5, 0.6) is 0 Å². The van der Waals surface area contributed by atoms with Crippen LogP contribution in [-0.4, -0.2) is 34.6 Å². The lowest BCUT2D eigenvalue weighted by Crippen LogP contribution is -2.25. The van der Waals surface area contributed by atoms with Crippen molar-refractivity contribution in [1.29, 1.82) is 0 Å². The molecule has 0 radical (unpaired) electrons. The van der Waals surface area contributed by atoms with Gasteiger partial charge in [0.05, 0.1) is 12.1 Å². The Hall–Kier alpha value is -3.16. The normalized spacial score (nSPS) is 10.6. The molecule has 0 saturated carbocycles. The van der Waals surface area contributed by atoms with Crippen molar-refractivity contribution in [2.45, 2.75) is 33.1 Å². The van der Waals surface area contributed by atoms with Crippen molar-refractivity contribution in [3.63, 3.8) is 0 Å². The van der Waals surface area contributed by atoms with Gasteiger partial charge in [-0.05, 0) is 31.2 Å². The highest BCUT2D eigenvalue weighted by atomic mass is 16.5. The number of carboxylic acids is 1. The average molecular weight is 359 g/mol. The van der Waals surface area contributed by atoms with Gasteiger partial charge in [0.2, 0.25) is 0 Å². The third-order valence-corrected chi connectivity index (χ3v) is 3.67. The molecule has 0 aliphatic rings. The van der Waals surface area contributed by atoms with Crippen LogP contribution >= 0.6 is 0 Å². The Morgan fingerprint density at radius 3 is 2.38 bits per heavy atom. The Morgan fingerprint density at radius 2 is 1.81 bits per heavy atom. The Labute approximate surface area is 150 Å². The molecule has 0 bridgehead atoms. The standard InChI is InChI=1S/C18H21N3O5/c1-10(2)16-15(11(3)21-26-16)18(25)20-13-6-4-12(5-7-13)17(24)19-9-8-14(22)23/h4-7,10H,8-9H2,1-3H3,(H,19,24)(H,20,25)(H,22,23). The zero-order valence-corrected chi connectivity index (χ0v) is 14.8. The van der Waals surface area contributed by atoms with Gasteiger partial charge in [0, 0.05) is 23.7 Å². The topological polar surface area (TPSA) is 122 Å². The van der Waals surface area contributed by atoms with Crippen molar-refractivity contribution in [2.75, 3.05) is 11.9 Å². The van der Waals surface area contributed by atoms with Gasteiger partial charge in [-0.15, -0.1) is 0 Å². The number of anilines is 1. The summed E-state index contributed by atoms with van der Waals surface area (Å²) in [6, 6.07) is 6.30. The molecule has 138 valence electrons. The molecule has 0 aliphatic carbocycles. The number of aromatic nitrogens is 1. The van der Waals surface area contributed by atoms with Gasteiger partial charge >= 0.3 is 5.97 Å². The van der Waals surface area contributed by atoms with Gasteiger partial charge in [-0.25, -0.2) is 0 Å². The molecule has 26 heavy (non-hydrogen) atoms. The highest BCUT2D eigenvalue weighted by Gasteiger charge is 2.22. The molecular weight excluding hydrogens is 338 g/mol. The number of nitrogens with zero attached hydrogens (tertiary/aromatic N) is 1. The number of carboxylic acid groups (broad SMARTS) is 1. The molecular formula is C18H21N3O5. The zero-order chi connectivity index (χ0) is 19.3. The van der Waals surface area contributed by atoms with E-state index in [0.29, 0.717) is 28.3 Å². The number of hydrogen-bond acceptors (Lipinski definition) is 5. The molecule has 0 fully saturated rings. The molecule has 0 spiro atoms. The van der Waals surface area contributed by atoms with Crippen LogP contribution in [0.3, 0.4) is 0 Å². The summed E-state index contributed by atoms with van der Waals surface area (Å²) in [5.41, 5.74) is 1.82. The molecule has 1 aromatic carbocycles. The van der Waals surface area contributed by atoms with Crippen LogP contribution < -0.4 is 10.6 Å². The fraction of sp³-hybridized carbons (Fsp3) is 0.333. The number of nitrogens with one attached hydrogen (secondary N) is 2. The predicted molar refractivity (Wildman–Crippen MR) is 94.3 cm³/mol. The quantitative estimate of drug-likeness (QED) is 0.698. The minimum atomic E-state index is -0.979. The molecule has 1 heterocycles. The van der Waals surface area contributed by atoms with Crippen LogP contribution in [0.1, 0.15) is 58.4 Å². The second-order valence-corrected chi connectivity index (χ2v) is 6.09. The maximum Gasteiger partial charge on any atom is 0.305 e. The number of rotatable bonds is 7. The molecule has 8 nitrogen and oxygen atoms in total. The first-order valence-corrected chi connectivity index (χ1v) is 8.17. The minimum Gasteiger partial charge on any atom is -0.481 e. The highest BCUT2D eigenvalue weighted by Crippen LogP contribution is 2.23. The second-order valence-electron chi connectivity index (χ2n) is 6.09. The number of amides is 2. The lowest BCUT2D eigenvalue weighted by molar-refractivity contribution is -0.136. The minimum absolute atomic E-state index is 0.0221. The summed E-state index contributed by atoms with van der Waals surface area (Å²) in [5.74, 6) is -1.14. The number of carbonyl (C=O) groups is 3. The van der Waals surface area contributed by atoms with Crippen molar-refractivity contribution < 1.29 is 24.0 Å². The third kappa shape index (κ3) is 4.69. The molecule has 1 aromatic heterocycles. The van der Waals surface area contributed by atoms with E-state index in [1.165, 1.54) is 0 Å². The lowest BCUT2D eigenvalue weighted by Gasteiger charge is -2.08. The van der Waals surface area contributed by atoms with Crippen molar-refractivity contribution in [2.24, 2.45) is 0 Å². The molecule has 2 rings (SSSR count). The van der Waals surface area contributed by atoms with Crippen molar-refractivity contribution >= 4 is 23.5 Å². The van der Waals surface area contributed by atoms with Gasteiger partial charge in [-0.1, -0.05) is 19.0 Å². The van der Waals surface area contributed by atoms with Crippen LogP contribution in [0.25, 0.3) is 0 Å². The summed E-state index contributed by atoms with van der Waals surface area (Å²) in [5, 5.41) is 17.7. The SMILES string of the molecule is Cc1noc(C(C)C)c1C(=O)Nc1ccc(C(=O)NCCC(=O)O)cc1. The van der Waals surface area contributed by atoms with Crippen LogP contribution in [0.15, 0.2) is 28.8 Å². The molecule has 0 aliphatic heterocycles. The Kier molecular flexibility index (Phi) is 6.11. The second kappa shape index (κ2) is 8.28. The zero-order valence-electron chi connectivity index (χ0n) is 14.8. The summed E-state index contributed by atoms with van der Waals surface area (Å²) < 4.78 is 5.22. The van der Waals surface area contributed by atoms with E-state index < -0.39 is 5.97 Å². The predicted octanol–water partition coefficient (Wildman–Crippen LogP) is 2.56. The van der Waals surface area contributed by atoms with Crippen LogP contribution in [-0.2, 0) is 4.79 Å². The van der Waals surface area contributed by atoms with Crippen molar-refractivity contribution in [3.8, 4) is 0 Å². The molecule has 0 unspecified atom stereocenters. The number of carbonyl (C=O) groups excluding carboxylic acids is 2. The largest absolute Gasteiger partial charge is 0.481 e. The summed E-state index contributed by atoms with van der Waals surface area (Å²) >= 11 is 0. The maximum absolute atomic E-state index is 12.5. The van der Waals surface area contributed by atoms with Crippen LogP contribution in [0.2, 0.25) is 0 Å². The monoisotopic (exact) mass is 359 g/mol. The van der Waals surface area contributed by atoms with E-state index in [2.05, 4.69) is 15.8 Å². The summed E-state index contributed by atoms with van der Waals surface area (Å²) in [6.45, 7) is 5.58. The molecule has 0 atom stereocenters. The number of hydrogen-bond donors (Lipinski definition) is 3. The van der Waals surface area contributed by atoms with Crippen molar-refractivity contribution in [1.82, 2.24) is 10.5 Å². The number of aryl methyl sites for hydroxylation is 1. The van der Waals surface area contributed by atoms with Gasteiger partial charge in [0.25, 0.3) is 11.8 Å². The molecule has 2 aromatic rings. The van der Waals surface area contributed by atoms with E-state index in [4.69, 9.17) is 9.63 Å². The van der Waals surface area contributed by atoms with E-state index >= 15 is 0 Å². The number of benzene rings is 1. The summed E-state index contributed by atoms with van der Waals surface area (Å²) in [7, 11) is 0. The van der Waals surface area contributed by atoms with Gasteiger partial charge < -0.3 is 20.3 Å².